The molecule has 0 aliphatic carbocycles. The smallest absolute Gasteiger partial charge is 0.410 e. The Morgan fingerprint density at radius 3 is 2.44 bits per heavy atom. The predicted molar refractivity (Wildman–Crippen MR) is 122 cm³/mol. The van der Waals surface area contributed by atoms with Gasteiger partial charge in [0.15, 0.2) is 0 Å². The van der Waals surface area contributed by atoms with E-state index in [1.54, 1.807) is 11.0 Å². The van der Waals surface area contributed by atoms with E-state index in [1.165, 1.54) is 4.68 Å². The van der Waals surface area contributed by atoms with Crippen molar-refractivity contribution in [2.75, 3.05) is 0 Å². The number of fused-ring (bicyclic) bond motifs is 2. The number of rotatable bonds is 3. The maximum Gasteiger partial charge on any atom is 0.410 e. The minimum absolute atomic E-state index is 0.0172. The van der Waals surface area contributed by atoms with Gasteiger partial charge in [0, 0.05) is 11.9 Å². The van der Waals surface area contributed by atoms with Gasteiger partial charge in [0.1, 0.15) is 5.60 Å². The lowest BCUT2D eigenvalue weighted by Gasteiger charge is -2.40. The highest BCUT2D eigenvalue weighted by Gasteiger charge is 2.37. The predicted octanol–water partition coefficient (Wildman–Crippen LogP) is 3.43. The molecule has 1 unspecified atom stereocenters. The molecule has 0 bridgehead atoms. The summed E-state index contributed by atoms with van der Waals surface area (Å²) >= 11 is 0. The molecule has 3 aromatic rings. The Morgan fingerprint density at radius 2 is 1.75 bits per heavy atom. The Bertz CT molecular complexity index is 1210. The number of ether oxygens (including phenoxy) is 1. The van der Waals surface area contributed by atoms with Gasteiger partial charge in [0.25, 0.3) is 5.56 Å². The van der Waals surface area contributed by atoms with E-state index in [9.17, 15) is 14.7 Å². The highest BCUT2D eigenvalue weighted by atomic mass is 16.6. The van der Waals surface area contributed by atoms with Crippen molar-refractivity contribution in [2.45, 2.75) is 65.0 Å². The van der Waals surface area contributed by atoms with Gasteiger partial charge in [-0.05, 0) is 51.3 Å². The first-order valence-corrected chi connectivity index (χ1v) is 10.8. The molecule has 7 nitrogen and oxygen atoms in total. The molecule has 2 aromatic carbocycles. The van der Waals surface area contributed by atoms with Crippen molar-refractivity contribution in [1.82, 2.24) is 14.7 Å². The van der Waals surface area contributed by atoms with Crippen LogP contribution in [-0.4, -0.2) is 43.6 Å². The molecule has 1 aromatic heterocycles. The molecule has 0 saturated heterocycles. The van der Waals surface area contributed by atoms with E-state index in [0.717, 1.165) is 16.5 Å². The van der Waals surface area contributed by atoms with Crippen molar-refractivity contribution in [2.24, 2.45) is 0 Å². The van der Waals surface area contributed by atoms with Gasteiger partial charge in [-0.3, -0.25) is 9.69 Å². The summed E-state index contributed by atoms with van der Waals surface area (Å²) in [5.74, 6) is 0. The monoisotopic (exact) mass is 435 g/mol. The summed E-state index contributed by atoms with van der Waals surface area (Å²) in [5, 5.41) is 17.0. The van der Waals surface area contributed by atoms with E-state index >= 15 is 0 Å². The normalized spacial score (nSPS) is 17.2. The zero-order valence-electron chi connectivity index (χ0n) is 18.9. The number of aliphatic hydroxyl groups excluding tert-OH is 1. The maximum atomic E-state index is 13.0. The van der Waals surface area contributed by atoms with Gasteiger partial charge in [-0.1, -0.05) is 42.5 Å². The van der Waals surface area contributed by atoms with Crippen LogP contribution in [0.15, 0.2) is 53.3 Å². The minimum atomic E-state index is -0.998. The van der Waals surface area contributed by atoms with E-state index in [1.807, 2.05) is 70.2 Å². The Labute approximate surface area is 187 Å². The second-order valence-electron chi connectivity index (χ2n) is 9.33. The van der Waals surface area contributed by atoms with Crippen molar-refractivity contribution >= 4 is 16.9 Å². The summed E-state index contributed by atoms with van der Waals surface area (Å²) in [5.41, 5.74) is 1.90. The number of carbonyl (C=O) groups excluding carboxylic acids is 1. The van der Waals surface area contributed by atoms with Crippen LogP contribution in [0.1, 0.15) is 37.6 Å². The van der Waals surface area contributed by atoms with Crippen molar-refractivity contribution in [3.05, 3.63) is 75.7 Å². The summed E-state index contributed by atoms with van der Waals surface area (Å²) in [6.45, 7) is 7.61. The highest BCUT2D eigenvalue weighted by molar-refractivity contribution is 5.83. The zero-order chi connectivity index (χ0) is 23.0. The molecule has 32 heavy (non-hydrogen) atoms. The van der Waals surface area contributed by atoms with Crippen LogP contribution >= 0.6 is 0 Å². The van der Waals surface area contributed by atoms with Crippen LogP contribution in [0.4, 0.5) is 4.79 Å². The van der Waals surface area contributed by atoms with Crippen LogP contribution in [0.2, 0.25) is 0 Å². The molecule has 168 valence electrons. The maximum absolute atomic E-state index is 13.0. The molecule has 0 fully saturated rings. The number of aryl methyl sites for hydroxylation is 1. The van der Waals surface area contributed by atoms with Gasteiger partial charge in [0.2, 0.25) is 0 Å². The summed E-state index contributed by atoms with van der Waals surface area (Å²) in [7, 11) is 0. The van der Waals surface area contributed by atoms with Gasteiger partial charge in [0.05, 0.1) is 29.8 Å². The fourth-order valence-electron chi connectivity index (χ4n) is 4.24. The number of aliphatic hydroxyl groups is 1. The third-order valence-corrected chi connectivity index (χ3v) is 5.77. The topological polar surface area (TPSA) is 84.7 Å². The van der Waals surface area contributed by atoms with Gasteiger partial charge < -0.3 is 9.84 Å². The SMILES string of the molecule is Cc1nn(CC(O)[C@@H]2Cc3ccccc3CN2C(=O)OC(C)(C)C)c(=O)c2ccccc12. The van der Waals surface area contributed by atoms with Crippen LogP contribution in [0.25, 0.3) is 10.8 Å². The first kappa shape index (κ1) is 22.0. The summed E-state index contributed by atoms with van der Waals surface area (Å²) in [6, 6.07) is 14.6. The van der Waals surface area contributed by atoms with Crippen LogP contribution < -0.4 is 5.56 Å². The fourth-order valence-corrected chi connectivity index (χ4v) is 4.24. The molecular weight excluding hydrogens is 406 g/mol. The molecule has 1 N–H and O–H groups in total. The van der Waals surface area contributed by atoms with Crippen molar-refractivity contribution in [3.63, 3.8) is 0 Å². The lowest BCUT2D eigenvalue weighted by Crippen LogP contribution is -2.53. The highest BCUT2D eigenvalue weighted by Crippen LogP contribution is 2.27. The molecule has 1 aliphatic rings. The number of hydrogen-bond acceptors (Lipinski definition) is 5. The molecule has 4 rings (SSSR count). The molecule has 2 atom stereocenters. The number of carbonyl (C=O) groups is 1. The molecule has 7 heteroatoms. The number of nitrogens with zero attached hydrogens (tertiary/aromatic N) is 3. The van der Waals surface area contributed by atoms with Crippen molar-refractivity contribution in [1.29, 1.82) is 0 Å². The third kappa shape index (κ3) is 4.39. The van der Waals surface area contributed by atoms with E-state index in [4.69, 9.17) is 4.74 Å². The average molecular weight is 436 g/mol. The number of benzene rings is 2. The van der Waals surface area contributed by atoms with Crippen LogP contribution in [-0.2, 0) is 24.2 Å². The van der Waals surface area contributed by atoms with E-state index < -0.39 is 23.8 Å². The molecule has 0 radical (unpaired) electrons. The van der Waals surface area contributed by atoms with Crippen LogP contribution in [0, 0.1) is 6.92 Å². The van der Waals surface area contributed by atoms with Crippen molar-refractivity contribution in [3.8, 4) is 0 Å². The van der Waals surface area contributed by atoms with Gasteiger partial charge in [-0.2, -0.15) is 5.10 Å². The van der Waals surface area contributed by atoms with Crippen LogP contribution in [0.5, 0.6) is 0 Å². The lowest BCUT2D eigenvalue weighted by molar-refractivity contribution is -0.0162. The molecule has 1 amide bonds. The number of aromatic nitrogens is 2. The Morgan fingerprint density at radius 1 is 1.12 bits per heavy atom. The van der Waals surface area contributed by atoms with E-state index in [0.29, 0.717) is 24.0 Å². The molecular formula is C25H29N3O4. The molecule has 1 aliphatic heterocycles. The lowest BCUT2D eigenvalue weighted by atomic mass is 9.91. The van der Waals surface area contributed by atoms with Gasteiger partial charge >= 0.3 is 6.09 Å². The zero-order valence-corrected chi connectivity index (χ0v) is 18.9. The second-order valence-corrected chi connectivity index (χ2v) is 9.33. The first-order chi connectivity index (χ1) is 15.1. The minimum Gasteiger partial charge on any atom is -0.444 e. The van der Waals surface area contributed by atoms with Gasteiger partial charge in [-0.25, -0.2) is 9.48 Å². The third-order valence-electron chi connectivity index (χ3n) is 5.77. The molecule has 2 heterocycles. The average Bonchev–Trinajstić information content (AvgIpc) is 2.75. The Hall–Kier alpha value is -3.19. The van der Waals surface area contributed by atoms with E-state index in [-0.39, 0.29) is 12.1 Å². The Kier molecular flexibility index (Phi) is 5.77. The summed E-state index contributed by atoms with van der Waals surface area (Å²) < 4.78 is 6.92. The largest absolute Gasteiger partial charge is 0.444 e. The van der Waals surface area contributed by atoms with Crippen LogP contribution in [0.3, 0.4) is 0 Å². The van der Waals surface area contributed by atoms with E-state index in [2.05, 4.69) is 5.10 Å². The summed E-state index contributed by atoms with van der Waals surface area (Å²) in [4.78, 5) is 27.5. The molecule has 0 spiro atoms. The number of amides is 1. The standard InChI is InChI=1S/C25H29N3O4/c1-16-19-11-7-8-12-20(19)23(30)28(26-16)15-22(29)21-13-17-9-5-6-10-18(17)14-27(21)24(31)32-25(2,3)4/h5-12,21-22,29H,13-15H2,1-4H3/t21-,22?/m0/s1. The first-order valence-electron chi connectivity index (χ1n) is 10.8. The number of hydrogen-bond donors (Lipinski definition) is 1. The summed E-state index contributed by atoms with van der Waals surface area (Å²) in [6.07, 6.45) is -1.01. The van der Waals surface area contributed by atoms with Crippen molar-refractivity contribution < 1.29 is 14.6 Å². The molecule has 0 saturated carbocycles. The Balaban J connectivity index is 1.66. The van der Waals surface area contributed by atoms with Gasteiger partial charge in [-0.15, -0.1) is 0 Å². The second kappa shape index (κ2) is 8.39. The quantitative estimate of drug-likeness (QED) is 0.681. The fraction of sp³-hybridized carbons (Fsp3) is 0.400.